The van der Waals surface area contributed by atoms with Gasteiger partial charge in [0.25, 0.3) is 5.91 Å². The fourth-order valence-corrected chi connectivity index (χ4v) is 3.44. The number of rotatable bonds is 5. The lowest BCUT2D eigenvalue weighted by Crippen LogP contribution is -2.30. The second-order valence-corrected chi connectivity index (χ2v) is 6.82. The van der Waals surface area contributed by atoms with Gasteiger partial charge in [0.15, 0.2) is 0 Å². The SMILES string of the molecule is O=C(NCc1ccccc1CN1CCCCC1)c1ccc(F)cc1Cl. The van der Waals surface area contributed by atoms with Crippen LogP contribution in [0.2, 0.25) is 5.02 Å². The maximum atomic E-state index is 13.1. The van der Waals surface area contributed by atoms with Gasteiger partial charge in [0, 0.05) is 13.1 Å². The number of carbonyl (C=O) groups is 1. The minimum atomic E-state index is -0.451. The molecule has 3 nitrogen and oxygen atoms in total. The molecule has 0 unspecified atom stereocenters. The number of amides is 1. The van der Waals surface area contributed by atoms with Crippen LogP contribution in [0.3, 0.4) is 0 Å². The minimum Gasteiger partial charge on any atom is -0.348 e. The summed E-state index contributed by atoms with van der Waals surface area (Å²) in [6.07, 6.45) is 3.82. The number of hydrogen-bond donors (Lipinski definition) is 1. The molecule has 1 N–H and O–H groups in total. The van der Waals surface area contributed by atoms with Gasteiger partial charge in [-0.05, 0) is 55.3 Å². The van der Waals surface area contributed by atoms with Crippen LogP contribution in [0.15, 0.2) is 42.5 Å². The summed E-state index contributed by atoms with van der Waals surface area (Å²) >= 11 is 5.96. The van der Waals surface area contributed by atoms with E-state index in [1.165, 1.54) is 37.0 Å². The summed E-state index contributed by atoms with van der Waals surface area (Å²) in [5, 5.41) is 3.01. The van der Waals surface area contributed by atoms with Crippen molar-refractivity contribution in [1.29, 1.82) is 0 Å². The van der Waals surface area contributed by atoms with Crippen LogP contribution < -0.4 is 5.32 Å². The number of halogens is 2. The standard InChI is InChI=1S/C20H22ClFN2O/c21-19-12-17(22)8-9-18(19)20(25)23-13-15-6-2-3-7-16(15)14-24-10-4-1-5-11-24/h2-3,6-9,12H,1,4-5,10-11,13-14H2,(H,23,25). The quantitative estimate of drug-likeness (QED) is 0.857. The maximum absolute atomic E-state index is 13.1. The third-order valence-electron chi connectivity index (χ3n) is 4.58. The summed E-state index contributed by atoms with van der Waals surface area (Å²) in [5.74, 6) is -0.744. The van der Waals surface area contributed by atoms with Crippen molar-refractivity contribution in [3.05, 3.63) is 70.0 Å². The Balaban J connectivity index is 1.65. The number of piperidine rings is 1. The normalized spacial score (nSPS) is 15.1. The molecular weight excluding hydrogens is 339 g/mol. The van der Waals surface area contributed by atoms with Crippen LogP contribution in [-0.2, 0) is 13.1 Å². The van der Waals surface area contributed by atoms with E-state index in [2.05, 4.69) is 16.3 Å². The molecule has 0 aromatic heterocycles. The predicted octanol–water partition coefficient (Wildman–Crippen LogP) is 4.40. The van der Waals surface area contributed by atoms with Gasteiger partial charge in [-0.2, -0.15) is 0 Å². The summed E-state index contributed by atoms with van der Waals surface area (Å²) in [6.45, 7) is 3.59. The predicted molar refractivity (Wildman–Crippen MR) is 98.2 cm³/mol. The molecule has 1 amide bonds. The van der Waals surface area contributed by atoms with Crippen molar-refractivity contribution in [3.63, 3.8) is 0 Å². The number of benzene rings is 2. The zero-order valence-electron chi connectivity index (χ0n) is 14.1. The van der Waals surface area contributed by atoms with Crippen LogP contribution in [-0.4, -0.2) is 23.9 Å². The molecule has 1 saturated heterocycles. The summed E-state index contributed by atoms with van der Waals surface area (Å²) in [5.41, 5.74) is 2.62. The van der Waals surface area contributed by atoms with Gasteiger partial charge in [-0.25, -0.2) is 4.39 Å². The first kappa shape index (κ1) is 17.9. The Bertz CT molecular complexity index is 744. The second kappa shape index (κ2) is 8.45. The molecule has 2 aromatic carbocycles. The van der Waals surface area contributed by atoms with Gasteiger partial charge < -0.3 is 5.32 Å². The summed E-state index contributed by atoms with van der Waals surface area (Å²) in [7, 11) is 0. The van der Waals surface area contributed by atoms with E-state index >= 15 is 0 Å². The van der Waals surface area contributed by atoms with E-state index in [0.717, 1.165) is 31.3 Å². The topological polar surface area (TPSA) is 32.3 Å². The van der Waals surface area contributed by atoms with Crippen molar-refractivity contribution in [1.82, 2.24) is 10.2 Å². The Hall–Kier alpha value is -1.91. The molecule has 0 saturated carbocycles. The molecule has 0 atom stereocenters. The van der Waals surface area contributed by atoms with E-state index < -0.39 is 5.82 Å². The lowest BCUT2D eigenvalue weighted by molar-refractivity contribution is 0.0951. The average Bonchev–Trinajstić information content (AvgIpc) is 2.61. The molecule has 25 heavy (non-hydrogen) atoms. The third-order valence-corrected chi connectivity index (χ3v) is 4.89. The van der Waals surface area contributed by atoms with Gasteiger partial charge in [0.1, 0.15) is 5.82 Å². The Labute approximate surface area is 152 Å². The first-order chi connectivity index (χ1) is 12.1. The first-order valence-electron chi connectivity index (χ1n) is 8.66. The highest BCUT2D eigenvalue weighted by Crippen LogP contribution is 2.19. The lowest BCUT2D eigenvalue weighted by Gasteiger charge is -2.27. The van der Waals surface area contributed by atoms with E-state index in [4.69, 9.17) is 11.6 Å². The maximum Gasteiger partial charge on any atom is 0.253 e. The van der Waals surface area contributed by atoms with Crippen LogP contribution in [0.1, 0.15) is 40.7 Å². The van der Waals surface area contributed by atoms with Crippen molar-refractivity contribution < 1.29 is 9.18 Å². The van der Waals surface area contributed by atoms with Crippen LogP contribution >= 0.6 is 11.6 Å². The van der Waals surface area contributed by atoms with Gasteiger partial charge in [-0.3, -0.25) is 9.69 Å². The van der Waals surface area contributed by atoms with E-state index in [0.29, 0.717) is 6.54 Å². The van der Waals surface area contributed by atoms with E-state index in [9.17, 15) is 9.18 Å². The largest absolute Gasteiger partial charge is 0.348 e. The van der Waals surface area contributed by atoms with Crippen LogP contribution in [0.5, 0.6) is 0 Å². The van der Waals surface area contributed by atoms with Crippen molar-refractivity contribution in [2.75, 3.05) is 13.1 Å². The average molecular weight is 361 g/mol. The Morgan fingerprint density at radius 2 is 1.80 bits per heavy atom. The number of likely N-dealkylation sites (tertiary alicyclic amines) is 1. The number of hydrogen-bond acceptors (Lipinski definition) is 2. The molecule has 0 aliphatic carbocycles. The van der Waals surface area contributed by atoms with Crippen molar-refractivity contribution in [3.8, 4) is 0 Å². The summed E-state index contributed by atoms with van der Waals surface area (Å²) in [4.78, 5) is 14.8. The molecule has 0 spiro atoms. The van der Waals surface area contributed by atoms with Crippen LogP contribution in [0, 0.1) is 5.82 Å². The van der Waals surface area contributed by atoms with E-state index in [1.807, 2.05) is 18.2 Å². The van der Waals surface area contributed by atoms with Crippen LogP contribution in [0.25, 0.3) is 0 Å². The highest BCUT2D eigenvalue weighted by atomic mass is 35.5. The van der Waals surface area contributed by atoms with Crippen molar-refractivity contribution in [2.24, 2.45) is 0 Å². The minimum absolute atomic E-state index is 0.124. The van der Waals surface area contributed by atoms with Gasteiger partial charge in [-0.15, -0.1) is 0 Å². The monoisotopic (exact) mass is 360 g/mol. The van der Waals surface area contributed by atoms with Gasteiger partial charge >= 0.3 is 0 Å². The molecule has 1 heterocycles. The summed E-state index contributed by atoms with van der Waals surface area (Å²) < 4.78 is 13.1. The highest BCUT2D eigenvalue weighted by Gasteiger charge is 2.14. The Morgan fingerprint density at radius 3 is 2.52 bits per heavy atom. The van der Waals surface area contributed by atoms with Crippen LogP contribution in [0.4, 0.5) is 4.39 Å². The van der Waals surface area contributed by atoms with Gasteiger partial charge in [0.05, 0.1) is 10.6 Å². The molecule has 5 heteroatoms. The molecule has 0 radical (unpaired) electrons. The van der Waals surface area contributed by atoms with Crippen molar-refractivity contribution in [2.45, 2.75) is 32.4 Å². The molecule has 1 aliphatic rings. The van der Waals surface area contributed by atoms with E-state index in [1.54, 1.807) is 0 Å². The molecule has 1 aliphatic heterocycles. The molecule has 3 rings (SSSR count). The number of carbonyl (C=O) groups excluding carboxylic acids is 1. The first-order valence-corrected chi connectivity index (χ1v) is 9.03. The Kier molecular flexibility index (Phi) is 6.05. The Morgan fingerprint density at radius 1 is 1.08 bits per heavy atom. The third kappa shape index (κ3) is 4.80. The smallest absolute Gasteiger partial charge is 0.253 e. The zero-order valence-corrected chi connectivity index (χ0v) is 14.9. The zero-order chi connectivity index (χ0) is 17.6. The van der Waals surface area contributed by atoms with Gasteiger partial charge in [-0.1, -0.05) is 42.3 Å². The van der Waals surface area contributed by atoms with Gasteiger partial charge in [0.2, 0.25) is 0 Å². The van der Waals surface area contributed by atoms with E-state index in [-0.39, 0.29) is 16.5 Å². The fraction of sp³-hybridized carbons (Fsp3) is 0.350. The fourth-order valence-electron chi connectivity index (χ4n) is 3.19. The second-order valence-electron chi connectivity index (χ2n) is 6.41. The molecule has 132 valence electrons. The molecule has 2 aromatic rings. The highest BCUT2D eigenvalue weighted by molar-refractivity contribution is 6.33. The number of nitrogens with zero attached hydrogens (tertiary/aromatic N) is 1. The molecule has 0 bridgehead atoms. The van der Waals surface area contributed by atoms with Crippen molar-refractivity contribution >= 4 is 17.5 Å². The number of nitrogens with one attached hydrogen (secondary N) is 1. The summed E-state index contributed by atoms with van der Waals surface area (Å²) in [6, 6.07) is 12.0. The lowest BCUT2D eigenvalue weighted by atomic mass is 10.0. The molecular formula is C20H22ClFN2O. The molecule has 1 fully saturated rings.